The van der Waals surface area contributed by atoms with Gasteiger partial charge in [-0.2, -0.15) is 5.26 Å². The number of carbonyl (C=O) groups is 1. The largest absolute Gasteiger partial charge is 0.478 e. The summed E-state index contributed by atoms with van der Waals surface area (Å²) in [4.78, 5) is 13.4. The summed E-state index contributed by atoms with van der Waals surface area (Å²) in [5.41, 5.74) is 1.58. The summed E-state index contributed by atoms with van der Waals surface area (Å²) in [6, 6.07) is 7.61. The molecule has 2 atom stereocenters. The monoisotopic (exact) mass is 270 g/mol. The van der Waals surface area contributed by atoms with Crippen molar-refractivity contribution in [3.05, 3.63) is 29.3 Å². The summed E-state index contributed by atoms with van der Waals surface area (Å²) in [5, 5.41) is 18.4. The van der Waals surface area contributed by atoms with Gasteiger partial charge < -0.3 is 10.0 Å². The summed E-state index contributed by atoms with van der Waals surface area (Å²) in [6.07, 6.45) is 6.19. The van der Waals surface area contributed by atoms with Gasteiger partial charge in [-0.3, -0.25) is 0 Å². The molecule has 1 saturated carbocycles. The topological polar surface area (TPSA) is 64.3 Å². The minimum Gasteiger partial charge on any atom is -0.478 e. The van der Waals surface area contributed by atoms with Gasteiger partial charge in [0.2, 0.25) is 0 Å². The Hall–Kier alpha value is -2.02. The van der Waals surface area contributed by atoms with Gasteiger partial charge in [0.25, 0.3) is 0 Å². The van der Waals surface area contributed by atoms with E-state index in [1.807, 2.05) is 6.07 Å². The van der Waals surface area contributed by atoms with E-state index in [-0.39, 0.29) is 5.56 Å². The molecule has 1 saturated heterocycles. The Bertz CT molecular complexity index is 576. The van der Waals surface area contributed by atoms with E-state index in [0.717, 1.165) is 24.6 Å². The molecule has 2 fully saturated rings. The minimum absolute atomic E-state index is 0.185. The third-order valence-electron chi connectivity index (χ3n) is 4.67. The lowest BCUT2D eigenvalue weighted by atomic mass is 9.91. The van der Waals surface area contributed by atoms with E-state index < -0.39 is 5.97 Å². The van der Waals surface area contributed by atoms with Crippen molar-refractivity contribution in [3.63, 3.8) is 0 Å². The molecule has 1 aromatic rings. The molecule has 0 radical (unpaired) electrons. The third kappa shape index (κ3) is 2.14. The molecule has 4 heteroatoms. The zero-order valence-electron chi connectivity index (χ0n) is 11.4. The number of nitrogens with zero attached hydrogens (tertiary/aromatic N) is 2. The van der Waals surface area contributed by atoms with Gasteiger partial charge in [0.15, 0.2) is 0 Å². The lowest BCUT2D eigenvalue weighted by Crippen LogP contribution is -2.43. The molecule has 0 bridgehead atoms. The Morgan fingerprint density at radius 2 is 2.10 bits per heavy atom. The van der Waals surface area contributed by atoms with E-state index in [1.165, 1.54) is 31.7 Å². The first kappa shape index (κ1) is 13.0. The van der Waals surface area contributed by atoms with Crippen LogP contribution in [-0.4, -0.2) is 23.7 Å². The number of benzene rings is 1. The quantitative estimate of drug-likeness (QED) is 0.897. The van der Waals surface area contributed by atoms with Crippen molar-refractivity contribution in [2.75, 3.05) is 11.4 Å². The molecule has 2 aliphatic rings. The van der Waals surface area contributed by atoms with Gasteiger partial charge in [0, 0.05) is 12.6 Å². The first-order valence-corrected chi connectivity index (χ1v) is 7.25. The lowest BCUT2D eigenvalue weighted by Gasteiger charge is -2.40. The molecular formula is C16H18N2O2. The van der Waals surface area contributed by atoms with Gasteiger partial charge in [-0.05, 0) is 49.8 Å². The van der Waals surface area contributed by atoms with Gasteiger partial charge in [-0.1, -0.05) is 6.42 Å². The van der Waals surface area contributed by atoms with E-state index in [1.54, 1.807) is 6.07 Å². The summed E-state index contributed by atoms with van der Waals surface area (Å²) in [7, 11) is 0. The highest BCUT2D eigenvalue weighted by Crippen LogP contribution is 2.40. The van der Waals surface area contributed by atoms with Crippen LogP contribution >= 0.6 is 0 Å². The summed E-state index contributed by atoms with van der Waals surface area (Å²) in [5.74, 6) is -0.236. The van der Waals surface area contributed by atoms with Crippen LogP contribution in [0.2, 0.25) is 0 Å². The average Bonchev–Trinajstić information content (AvgIpc) is 2.94. The number of carboxylic acids is 1. The van der Waals surface area contributed by atoms with Crippen LogP contribution in [0, 0.1) is 17.2 Å². The highest BCUT2D eigenvalue weighted by molar-refractivity contribution is 5.89. The van der Waals surface area contributed by atoms with Crippen molar-refractivity contribution in [1.29, 1.82) is 5.26 Å². The standard InChI is InChI=1S/C16H18N2O2/c17-10-13-9-12(16(19)20)6-7-15(13)18-8-2-4-11-3-1-5-14(11)18/h6-7,9,11,14H,1-5,8H2,(H,19,20). The van der Waals surface area contributed by atoms with Crippen molar-refractivity contribution in [1.82, 2.24) is 0 Å². The van der Waals surface area contributed by atoms with Gasteiger partial charge >= 0.3 is 5.97 Å². The van der Waals surface area contributed by atoms with Crippen LogP contribution in [0.15, 0.2) is 18.2 Å². The molecule has 0 aromatic heterocycles. The molecule has 3 rings (SSSR count). The molecule has 1 aromatic carbocycles. The molecule has 0 amide bonds. The van der Waals surface area contributed by atoms with Gasteiger partial charge in [0.1, 0.15) is 6.07 Å². The number of anilines is 1. The molecule has 1 aliphatic carbocycles. The molecular weight excluding hydrogens is 252 g/mol. The third-order valence-corrected chi connectivity index (χ3v) is 4.67. The van der Waals surface area contributed by atoms with Gasteiger partial charge in [-0.25, -0.2) is 4.79 Å². The van der Waals surface area contributed by atoms with Crippen LogP contribution in [0.4, 0.5) is 5.69 Å². The van der Waals surface area contributed by atoms with E-state index >= 15 is 0 Å². The fourth-order valence-corrected chi connectivity index (χ4v) is 3.76. The smallest absolute Gasteiger partial charge is 0.335 e. The number of hydrogen-bond acceptors (Lipinski definition) is 3. The SMILES string of the molecule is N#Cc1cc(C(=O)O)ccc1N1CCCC2CCCC21. The summed E-state index contributed by atoms with van der Waals surface area (Å²) >= 11 is 0. The second-order valence-corrected chi connectivity index (χ2v) is 5.74. The number of nitriles is 1. The predicted octanol–water partition coefficient (Wildman–Crippen LogP) is 3.03. The van der Waals surface area contributed by atoms with Crippen molar-refractivity contribution in [2.24, 2.45) is 5.92 Å². The zero-order chi connectivity index (χ0) is 14.1. The fraction of sp³-hybridized carbons (Fsp3) is 0.500. The van der Waals surface area contributed by atoms with Crippen molar-refractivity contribution in [3.8, 4) is 6.07 Å². The predicted molar refractivity (Wildman–Crippen MR) is 75.8 cm³/mol. The van der Waals surface area contributed by atoms with Crippen LogP contribution in [0.1, 0.15) is 48.0 Å². The molecule has 20 heavy (non-hydrogen) atoms. The van der Waals surface area contributed by atoms with E-state index in [2.05, 4.69) is 11.0 Å². The van der Waals surface area contributed by atoms with Crippen molar-refractivity contribution >= 4 is 11.7 Å². The summed E-state index contributed by atoms with van der Waals surface area (Å²) < 4.78 is 0. The number of hydrogen-bond donors (Lipinski definition) is 1. The molecule has 1 heterocycles. The van der Waals surface area contributed by atoms with Crippen LogP contribution in [0.25, 0.3) is 0 Å². The highest BCUT2D eigenvalue weighted by Gasteiger charge is 2.35. The zero-order valence-corrected chi connectivity index (χ0v) is 11.4. The molecule has 104 valence electrons. The van der Waals surface area contributed by atoms with Crippen LogP contribution in [0.3, 0.4) is 0 Å². The van der Waals surface area contributed by atoms with E-state index in [9.17, 15) is 10.1 Å². The first-order chi connectivity index (χ1) is 9.70. The van der Waals surface area contributed by atoms with Gasteiger partial charge in [0.05, 0.1) is 16.8 Å². The van der Waals surface area contributed by atoms with Crippen molar-refractivity contribution < 1.29 is 9.90 Å². The van der Waals surface area contributed by atoms with Crippen LogP contribution < -0.4 is 4.90 Å². The number of fused-ring (bicyclic) bond motifs is 1. The first-order valence-electron chi connectivity index (χ1n) is 7.25. The second-order valence-electron chi connectivity index (χ2n) is 5.74. The number of piperidine rings is 1. The maximum Gasteiger partial charge on any atom is 0.335 e. The Morgan fingerprint density at radius 3 is 2.85 bits per heavy atom. The van der Waals surface area contributed by atoms with E-state index in [4.69, 9.17) is 5.11 Å². The van der Waals surface area contributed by atoms with Crippen LogP contribution in [-0.2, 0) is 0 Å². The molecule has 2 unspecified atom stereocenters. The number of carboxylic acid groups (broad SMARTS) is 1. The van der Waals surface area contributed by atoms with Crippen LogP contribution in [0.5, 0.6) is 0 Å². The number of aromatic carboxylic acids is 1. The maximum absolute atomic E-state index is 11.0. The Balaban J connectivity index is 1.97. The lowest BCUT2D eigenvalue weighted by molar-refractivity contribution is 0.0697. The molecule has 0 spiro atoms. The van der Waals surface area contributed by atoms with E-state index in [0.29, 0.717) is 11.6 Å². The number of rotatable bonds is 2. The Morgan fingerprint density at radius 1 is 1.30 bits per heavy atom. The van der Waals surface area contributed by atoms with Crippen molar-refractivity contribution in [2.45, 2.75) is 38.1 Å². The molecule has 4 nitrogen and oxygen atoms in total. The highest BCUT2D eigenvalue weighted by atomic mass is 16.4. The molecule has 1 aliphatic heterocycles. The normalized spacial score (nSPS) is 25.1. The average molecular weight is 270 g/mol. The minimum atomic E-state index is -0.981. The summed E-state index contributed by atoms with van der Waals surface area (Å²) in [6.45, 7) is 0.974. The van der Waals surface area contributed by atoms with Gasteiger partial charge in [-0.15, -0.1) is 0 Å². The second kappa shape index (κ2) is 5.16. The fourth-order valence-electron chi connectivity index (χ4n) is 3.76. The molecule has 1 N–H and O–H groups in total. The maximum atomic E-state index is 11.0. The Labute approximate surface area is 118 Å². The Kier molecular flexibility index (Phi) is 3.35.